The number of aliphatic hydroxyl groups excluding tert-OH is 1. The van der Waals surface area contributed by atoms with Crippen LogP contribution in [0.3, 0.4) is 0 Å². The normalized spacial score (nSPS) is 22.4. The van der Waals surface area contributed by atoms with Gasteiger partial charge in [0, 0.05) is 12.2 Å². The lowest BCUT2D eigenvalue weighted by molar-refractivity contribution is 0.0483. The smallest absolute Gasteiger partial charge is 0.203 e. The lowest BCUT2D eigenvalue weighted by Crippen LogP contribution is -2.28. The van der Waals surface area contributed by atoms with Gasteiger partial charge in [-0.3, -0.25) is 0 Å². The molecule has 1 heterocycles. The van der Waals surface area contributed by atoms with E-state index < -0.39 is 11.5 Å². The molecule has 1 aliphatic rings. The zero-order valence-corrected chi connectivity index (χ0v) is 12.4. The summed E-state index contributed by atoms with van der Waals surface area (Å²) in [7, 11) is 4.50. The average molecular weight is 293 g/mol. The van der Waals surface area contributed by atoms with Gasteiger partial charge < -0.3 is 24.1 Å². The number of aliphatic hydroxyl groups is 1. The summed E-state index contributed by atoms with van der Waals surface area (Å²) >= 11 is 0. The van der Waals surface area contributed by atoms with Crippen LogP contribution in [0.2, 0.25) is 0 Å². The van der Waals surface area contributed by atoms with E-state index in [9.17, 15) is 10.4 Å². The molecule has 1 aliphatic heterocycles. The van der Waals surface area contributed by atoms with Crippen molar-refractivity contribution in [1.82, 2.24) is 0 Å². The number of nitriles is 1. The van der Waals surface area contributed by atoms with Gasteiger partial charge in [-0.2, -0.15) is 5.26 Å². The van der Waals surface area contributed by atoms with E-state index in [-0.39, 0.29) is 6.61 Å². The van der Waals surface area contributed by atoms with Gasteiger partial charge in [0.05, 0.1) is 34.0 Å². The van der Waals surface area contributed by atoms with Crippen molar-refractivity contribution in [1.29, 1.82) is 5.26 Å². The summed E-state index contributed by atoms with van der Waals surface area (Å²) in [4.78, 5) is 0. The topological polar surface area (TPSA) is 80.9 Å². The van der Waals surface area contributed by atoms with E-state index in [2.05, 4.69) is 6.07 Å². The van der Waals surface area contributed by atoms with Gasteiger partial charge in [-0.05, 0) is 18.6 Å². The fraction of sp³-hybridized carbons (Fsp3) is 0.533. The van der Waals surface area contributed by atoms with Crippen molar-refractivity contribution in [3.05, 3.63) is 17.7 Å². The molecule has 0 aromatic heterocycles. The number of hydrogen-bond donors (Lipinski definition) is 1. The first-order chi connectivity index (χ1) is 10.1. The molecule has 0 bridgehead atoms. The summed E-state index contributed by atoms with van der Waals surface area (Å²) in [5.41, 5.74) is -0.477. The van der Waals surface area contributed by atoms with Crippen molar-refractivity contribution in [2.75, 3.05) is 34.5 Å². The van der Waals surface area contributed by atoms with Gasteiger partial charge in [0.1, 0.15) is 11.5 Å². The van der Waals surface area contributed by atoms with Gasteiger partial charge >= 0.3 is 0 Å². The highest BCUT2D eigenvalue weighted by molar-refractivity contribution is 5.57. The Morgan fingerprint density at radius 2 is 1.95 bits per heavy atom. The van der Waals surface area contributed by atoms with Crippen LogP contribution in [0.5, 0.6) is 17.2 Å². The number of rotatable bonds is 5. The van der Waals surface area contributed by atoms with E-state index in [1.807, 2.05) is 0 Å². The Kier molecular flexibility index (Phi) is 4.56. The van der Waals surface area contributed by atoms with Gasteiger partial charge in [0.2, 0.25) is 5.75 Å². The highest BCUT2D eigenvalue weighted by Crippen LogP contribution is 2.48. The SMILES string of the molecule is COc1ccc(C(O)C2(C#N)CCOC2)c(OC)c1OC. The van der Waals surface area contributed by atoms with Crippen LogP contribution in [0, 0.1) is 16.7 Å². The molecule has 6 nitrogen and oxygen atoms in total. The molecule has 0 spiro atoms. The molecule has 1 aromatic rings. The maximum Gasteiger partial charge on any atom is 0.203 e. The molecule has 2 atom stereocenters. The number of benzene rings is 1. The first-order valence-corrected chi connectivity index (χ1v) is 6.59. The zero-order valence-electron chi connectivity index (χ0n) is 12.4. The van der Waals surface area contributed by atoms with Gasteiger partial charge in [-0.1, -0.05) is 0 Å². The maximum atomic E-state index is 10.7. The van der Waals surface area contributed by atoms with Gasteiger partial charge in [0.15, 0.2) is 11.5 Å². The molecule has 0 amide bonds. The van der Waals surface area contributed by atoms with Crippen molar-refractivity contribution in [2.24, 2.45) is 5.41 Å². The monoisotopic (exact) mass is 293 g/mol. The van der Waals surface area contributed by atoms with Crippen molar-refractivity contribution < 1.29 is 24.1 Å². The summed E-state index contributed by atoms with van der Waals surface area (Å²) in [6.07, 6.45) is -0.554. The van der Waals surface area contributed by atoms with E-state index in [4.69, 9.17) is 18.9 Å². The summed E-state index contributed by atoms with van der Waals surface area (Å²) in [6.45, 7) is 0.655. The average Bonchev–Trinajstić information content (AvgIpc) is 3.02. The second-order valence-corrected chi connectivity index (χ2v) is 4.90. The van der Waals surface area contributed by atoms with Crippen molar-refractivity contribution >= 4 is 0 Å². The van der Waals surface area contributed by atoms with Crippen molar-refractivity contribution in [3.8, 4) is 23.3 Å². The van der Waals surface area contributed by atoms with Crippen LogP contribution in [-0.4, -0.2) is 39.6 Å². The highest BCUT2D eigenvalue weighted by Gasteiger charge is 2.44. The van der Waals surface area contributed by atoms with Crippen LogP contribution in [0.1, 0.15) is 18.1 Å². The molecule has 0 radical (unpaired) electrons. The minimum absolute atomic E-state index is 0.197. The van der Waals surface area contributed by atoms with Crippen LogP contribution in [0.25, 0.3) is 0 Å². The minimum Gasteiger partial charge on any atom is -0.493 e. The third-order valence-corrected chi connectivity index (χ3v) is 3.83. The predicted octanol–water partition coefficient (Wildman–Crippen LogP) is 1.68. The number of methoxy groups -OCH3 is 3. The molecule has 1 fully saturated rings. The Bertz CT molecular complexity index is 546. The lowest BCUT2D eigenvalue weighted by atomic mass is 9.79. The molecular formula is C15H19NO5. The van der Waals surface area contributed by atoms with Crippen LogP contribution >= 0.6 is 0 Å². The van der Waals surface area contributed by atoms with E-state index in [0.717, 1.165) is 0 Å². The highest BCUT2D eigenvalue weighted by atomic mass is 16.5. The summed E-state index contributed by atoms with van der Waals surface area (Å²) < 4.78 is 21.2. The number of ether oxygens (including phenoxy) is 4. The zero-order chi connectivity index (χ0) is 15.5. The summed E-state index contributed by atoms with van der Waals surface area (Å²) in [5.74, 6) is 1.26. The van der Waals surface area contributed by atoms with Crippen LogP contribution in [-0.2, 0) is 4.74 Å². The van der Waals surface area contributed by atoms with Crippen molar-refractivity contribution in [2.45, 2.75) is 12.5 Å². The second kappa shape index (κ2) is 6.20. The first-order valence-electron chi connectivity index (χ1n) is 6.59. The van der Waals surface area contributed by atoms with Gasteiger partial charge in [0.25, 0.3) is 0 Å². The fourth-order valence-electron chi connectivity index (χ4n) is 2.58. The number of nitrogens with zero attached hydrogens (tertiary/aromatic N) is 1. The molecule has 0 saturated carbocycles. The molecule has 1 aromatic carbocycles. The molecule has 114 valence electrons. The van der Waals surface area contributed by atoms with E-state index >= 15 is 0 Å². The lowest BCUT2D eigenvalue weighted by Gasteiger charge is -2.27. The Morgan fingerprint density at radius 1 is 1.24 bits per heavy atom. The van der Waals surface area contributed by atoms with E-state index in [1.54, 1.807) is 12.1 Å². The molecule has 21 heavy (non-hydrogen) atoms. The predicted molar refractivity (Wildman–Crippen MR) is 74.5 cm³/mol. The van der Waals surface area contributed by atoms with Gasteiger partial charge in [-0.25, -0.2) is 0 Å². The minimum atomic E-state index is -1.03. The van der Waals surface area contributed by atoms with Crippen LogP contribution in [0.15, 0.2) is 12.1 Å². The standard InChI is InChI=1S/C15H19NO5/c1-18-11-5-4-10(12(19-2)13(11)20-3)14(17)15(8-16)6-7-21-9-15/h4-5,14,17H,6-7,9H2,1-3H3. The molecule has 6 heteroatoms. The molecule has 1 N–H and O–H groups in total. The number of hydrogen-bond acceptors (Lipinski definition) is 6. The Morgan fingerprint density at radius 3 is 2.43 bits per heavy atom. The molecule has 0 aliphatic carbocycles. The maximum absolute atomic E-state index is 10.7. The van der Waals surface area contributed by atoms with E-state index in [1.165, 1.54) is 21.3 Å². The summed E-state index contributed by atoms with van der Waals surface area (Å²) in [5, 5.41) is 20.1. The molecular weight excluding hydrogens is 274 g/mol. The molecule has 1 saturated heterocycles. The quantitative estimate of drug-likeness (QED) is 0.889. The van der Waals surface area contributed by atoms with Crippen molar-refractivity contribution in [3.63, 3.8) is 0 Å². The van der Waals surface area contributed by atoms with Crippen LogP contribution < -0.4 is 14.2 Å². The third kappa shape index (κ3) is 2.50. The van der Waals surface area contributed by atoms with E-state index in [0.29, 0.717) is 35.8 Å². The molecule has 2 unspecified atom stereocenters. The Labute approximate surface area is 123 Å². The summed E-state index contributed by atoms with van der Waals surface area (Å²) in [6, 6.07) is 5.55. The second-order valence-electron chi connectivity index (χ2n) is 4.90. The molecule has 2 rings (SSSR count). The fourth-order valence-corrected chi connectivity index (χ4v) is 2.58. The largest absolute Gasteiger partial charge is 0.493 e. The Hall–Kier alpha value is -1.97. The van der Waals surface area contributed by atoms with Crippen LogP contribution in [0.4, 0.5) is 0 Å². The Balaban J connectivity index is 2.51. The third-order valence-electron chi connectivity index (χ3n) is 3.83. The first kappa shape index (κ1) is 15.4. The van der Waals surface area contributed by atoms with Gasteiger partial charge in [-0.15, -0.1) is 0 Å².